The van der Waals surface area contributed by atoms with Crippen LogP contribution in [0.15, 0.2) is 34.4 Å². The monoisotopic (exact) mass is 402 g/mol. The average molecular weight is 403 g/mol. The Morgan fingerprint density at radius 2 is 1.58 bits per heavy atom. The highest BCUT2D eigenvalue weighted by atomic mass is 35.5. The van der Waals surface area contributed by atoms with Crippen LogP contribution < -0.4 is 0 Å². The minimum absolute atomic E-state index is 0.393. The zero-order valence-corrected chi connectivity index (χ0v) is 16.6. The van der Waals surface area contributed by atoms with E-state index in [-0.39, 0.29) is 0 Å². The lowest BCUT2D eigenvalue weighted by Gasteiger charge is -2.11. The van der Waals surface area contributed by atoms with Crippen LogP contribution in [-0.2, 0) is 18.0 Å². The Hall–Kier alpha value is -0.230. The van der Waals surface area contributed by atoms with Crippen LogP contribution in [0.1, 0.15) is 46.5 Å². The summed E-state index contributed by atoms with van der Waals surface area (Å²) in [5.41, 5.74) is 2.54. The normalized spacial score (nSPS) is 16.0. The number of phosphoric acid groups is 2. The molecule has 0 fully saturated rings. The predicted molar refractivity (Wildman–Crippen MR) is 94.5 cm³/mol. The highest BCUT2D eigenvalue weighted by Gasteiger charge is 2.31. The van der Waals surface area contributed by atoms with Crippen LogP contribution >= 0.6 is 27.2 Å². The Kier molecular flexibility index (Phi) is 11.3. The molecular formula is C14H25ClO7P2. The number of allylic oxidation sites excluding steroid dienone is 5. The summed E-state index contributed by atoms with van der Waals surface area (Å²) >= 11 is 5.95. The van der Waals surface area contributed by atoms with Gasteiger partial charge in [0.15, 0.2) is 0 Å². The van der Waals surface area contributed by atoms with Gasteiger partial charge in [-0.25, -0.2) is 9.13 Å². The van der Waals surface area contributed by atoms with Crippen LogP contribution in [0.5, 0.6) is 0 Å². The van der Waals surface area contributed by atoms with Gasteiger partial charge in [0.05, 0.1) is 6.61 Å². The molecule has 10 heteroatoms. The molecule has 0 radical (unpaired) electrons. The Morgan fingerprint density at radius 1 is 1.00 bits per heavy atom. The Balaban J connectivity index is 4.18. The standard InChI is InChI=1S/C14H25ClO7P2/c1-12(2)6-4-7-13(3)8-5-9-14(15)10-11-21-24(19,20)22-23(16,17)18/h6,8,10H,4-5,7,9,11H2,1-3H3,(H,19,20)(H2,16,17,18)/b13-8+,14-10-. The minimum atomic E-state index is -5.10. The SMILES string of the molecule is CC(C)=CCC/C(C)=C/CC/C(Cl)=C/COP(=O)(O)OP(=O)(O)O. The zero-order chi connectivity index (χ0) is 18.8. The van der Waals surface area contributed by atoms with Crippen molar-refractivity contribution in [3.05, 3.63) is 34.4 Å². The van der Waals surface area contributed by atoms with E-state index in [2.05, 4.69) is 34.8 Å². The smallest absolute Gasteiger partial charge is 0.302 e. The maximum atomic E-state index is 11.2. The molecule has 0 aromatic carbocycles. The van der Waals surface area contributed by atoms with Gasteiger partial charge in [-0.2, -0.15) is 4.31 Å². The lowest BCUT2D eigenvalue weighted by atomic mass is 10.1. The molecule has 0 saturated carbocycles. The second-order valence-corrected chi connectivity index (χ2v) is 8.71. The van der Waals surface area contributed by atoms with Crippen LogP contribution in [0.3, 0.4) is 0 Å². The van der Waals surface area contributed by atoms with Gasteiger partial charge in [-0.15, -0.1) is 0 Å². The zero-order valence-electron chi connectivity index (χ0n) is 14.0. The van der Waals surface area contributed by atoms with E-state index in [9.17, 15) is 9.13 Å². The highest BCUT2D eigenvalue weighted by Crippen LogP contribution is 2.57. The fourth-order valence-corrected chi connectivity index (χ4v) is 3.33. The number of hydrogen-bond donors (Lipinski definition) is 3. The molecule has 0 rings (SSSR count). The van der Waals surface area contributed by atoms with E-state index in [1.165, 1.54) is 17.2 Å². The molecule has 0 heterocycles. The van der Waals surface area contributed by atoms with Gasteiger partial charge in [0.2, 0.25) is 0 Å². The largest absolute Gasteiger partial charge is 0.481 e. The second-order valence-electron chi connectivity index (χ2n) is 5.40. The molecule has 140 valence electrons. The highest BCUT2D eigenvalue weighted by molar-refractivity contribution is 7.60. The summed E-state index contributed by atoms with van der Waals surface area (Å²) in [6, 6.07) is 0. The molecule has 0 aliphatic carbocycles. The fourth-order valence-electron chi connectivity index (χ4n) is 1.63. The summed E-state index contributed by atoms with van der Waals surface area (Å²) < 4.78 is 29.7. The first-order chi connectivity index (χ1) is 10.9. The second kappa shape index (κ2) is 11.4. The minimum Gasteiger partial charge on any atom is -0.302 e. The average Bonchev–Trinajstić information content (AvgIpc) is 2.34. The lowest BCUT2D eigenvalue weighted by molar-refractivity contribution is 0.191. The van der Waals surface area contributed by atoms with E-state index < -0.39 is 22.3 Å². The van der Waals surface area contributed by atoms with Gasteiger partial charge in [-0.1, -0.05) is 34.9 Å². The molecule has 0 spiro atoms. The third-order valence-electron chi connectivity index (χ3n) is 2.72. The third-order valence-corrected chi connectivity index (χ3v) is 5.21. The van der Waals surface area contributed by atoms with Crippen molar-refractivity contribution >= 4 is 27.2 Å². The van der Waals surface area contributed by atoms with Gasteiger partial charge >= 0.3 is 15.6 Å². The number of halogens is 1. The first kappa shape index (κ1) is 23.8. The molecular weight excluding hydrogens is 378 g/mol. The summed E-state index contributed by atoms with van der Waals surface area (Å²) in [7, 11) is -9.92. The topological polar surface area (TPSA) is 113 Å². The Morgan fingerprint density at radius 3 is 2.12 bits per heavy atom. The van der Waals surface area contributed by atoms with E-state index in [1.54, 1.807) is 0 Å². The van der Waals surface area contributed by atoms with Crippen LogP contribution in [-0.4, -0.2) is 21.3 Å². The molecule has 3 N–H and O–H groups in total. The Labute approximate surface area is 147 Å². The quantitative estimate of drug-likeness (QED) is 0.335. The molecule has 1 unspecified atom stereocenters. The van der Waals surface area contributed by atoms with E-state index in [0.29, 0.717) is 17.9 Å². The maximum absolute atomic E-state index is 11.2. The van der Waals surface area contributed by atoms with Gasteiger partial charge in [0, 0.05) is 5.03 Å². The molecule has 7 nitrogen and oxygen atoms in total. The van der Waals surface area contributed by atoms with Crippen LogP contribution in [0.25, 0.3) is 0 Å². The molecule has 1 atom stereocenters. The lowest BCUT2D eigenvalue weighted by Crippen LogP contribution is -1.94. The van der Waals surface area contributed by atoms with Crippen LogP contribution in [0, 0.1) is 0 Å². The molecule has 0 aliphatic heterocycles. The van der Waals surface area contributed by atoms with Gasteiger partial charge in [-0.05, 0) is 52.5 Å². The predicted octanol–water partition coefficient (Wildman–Crippen LogP) is 4.81. The Bertz CT molecular complexity index is 574. The van der Waals surface area contributed by atoms with Crippen molar-refractivity contribution in [2.45, 2.75) is 46.5 Å². The molecule has 0 bridgehead atoms. The van der Waals surface area contributed by atoms with Crippen molar-refractivity contribution in [3.63, 3.8) is 0 Å². The molecule has 0 aliphatic rings. The van der Waals surface area contributed by atoms with Gasteiger partial charge < -0.3 is 14.7 Å². The summed E-state index contributed by atoms with van der Waals surface area (Å²) in [6.45, 7) is 5.76. The fraction of sp³-hybridized carbons (Fsp3) is 0.571. The maximum Gasteiger partial charge on any atom is 0.481 e. The van der Waals surface area contributed by atoms with Crippen molar-refractivity contribution in [1.82, 2.24) is 0 Å². The van der Waals surface area contributed by atoms with Crippen molar-refractivity contribution in [3.8, 4) is 0 Å². The first-order valence-corrected chi connectivity index (χ1v) is 10.7. The van der Waals surface area contributed by atoms with Crippen LogP contribution in [0.2, 0.25) is 0 Å². The summed E-state index contributed by atoms with van der Waals surface area (Å²) in [4.78, 5) is 26.0. The molecule has 0 aromatic heterocycles. The van der Waals surface area contributed by atoms with Crippen molar-refractivity contribution in [2.24, 2.45) is 0 Å². The van der Waals surface area contributed by atoms with Crippen LogP contribution in [0.4, 0.5) is 0 Å². The summed E-state index contributed by atoms with van der Waals surface area (Å²) in [6.07, 6.45) is 8.81. The van der Waals surface area contributed by atoms with E-state index in [0.717, 1.165) is 12.8 Å². The summed E-state index contributed by atoms with van der Waals surface area (Å²) in [5, 5.41) is 0.416. The van der Waals surface area contributed by atoms with Gasteiger partial charge in [-0.3, -0.25) is 4.52 Å². The first-order valence-electron chi connectivity index (χ1n) is 7.29. The van der Waals surface area contributed by atoms with E-state index in [4.69, 9.17) is 26.3 Å². The molecule has 0 saturated heterocycles. The molecule has 24 heavy (non-hydrogen) atoms. The van der Waals surface area contributed by atoms with E-state index in [1.807, 2.05) is 6.92 Å². The molecule has 0 aromatic rings. The van der Waals surface area contributed by atoms with Crippen molar-refractivity contribution < 1.29 is 32.6 Å². The number of hydrogen-bond acceptors (Lipinski definition) is 4. The summed E-state index contributed by atoms with van der Waals surface area (Å²) in [5.74, 6) is 0. The third kappa shape index (κ3) is 15.3. The molecule has 0 amide bonds. The van der Waals surface area contributed by atoms with Gasteiger partial charge in [0.25, 0.3) is 0 Å². The van der Waals surface area contributed by atoms with Gasteiger partial charge in [0.1, 0.15) is 0 Å². The van der Waals surface area contributed by atoms with E-state index >= 15 is 0 Å². The number of rotatable bonds is 11. The van der Waals surface area contributed by atoms with Crippen molar-refractivity contribution in [1.29, 1.82) is 0 Å². The number of phosphoric ester groups is 1. The van der Waals surface area contributed by atoms with Crippen molar-refractivity contribution in [2.75, 3.05) is 6.61 Å².